The van der Waals surface area contributed by atoms with E-state index in [1.807, 2.05) is 6.92 Å². The number of hydrogen-bond donors (Lipinski definition) is 3. The largest absolute Gasteiger partial charge is 0.389 e. The minimum atomic E-state index is -0.423. The van der Waals surface area contributed by atoms with Crippen molar-refractivity contribution in [1.82, 2.24) is 10.6 Å². The summed E-state index contributed by atoms with van der Waals surface area (Å²) in [7, 11) is 0. The van der Waals surface area contributed by atoms with Gasteiger partial charge in [-0.15, -0.1) is 0 Å². The van der Waals surface area contributed by atoms with Crippen LogP contribution in [-0.4, -0.2) is 36.2 Å². The Labute approximate surface area is 136 Å². The molecule has 0 saturated heterocycles. The van der Waals surface area contributed by atoms with Gasteiger partial charge in [-0.25, -0.2) is 0 Å². The Balaban J connectivity index is 3.31. The van der Waals surface area contributed by atoms with Gasteiger partial charge in [0.2, 0.25) is 5.91 Å². The first-order valence-corrected chi connectivity index (χ1v) is 8.77. The maximum absolute atomic E-state index is 11.6. The van der Waals surface area contributed by atoms with Gasteiger partial charge in [0, 0.05) is 19.0 Å². The van der Waals surface area contributed by atoms with E-state index in [-0.39, 0.29) is 5.91 Å². The highest BCUT2D eigenvalue weighted by atomic mass is 16.3. The third-order valence-corrected chi connectivity index (χ3v) is 3.68. The summed E-state index contributed by atoms with van der Waals surface area (Å²) < 4.78 is 0. The molecule has 0 heterocycles. The van der Waals surface area contributed by atoms with Crippen LogP contribution in [0.3, 0.4) is 0 Å². The third-order valence-electron chi connectivity index (χ3n) is 3.68. The van der Waals surface area contributed by atoms with Crippen LogP contribution >= 0.6 is 0 Å². The van der Waals surface area contributed by atoms with Gasteiger partial charge in [-0.2, -0.15) is 0 Å². The van der Waals surface area contributed by atoms with Crippen molar-refractivity contribution in [3.63, 3.8) is 0 Å². The van der Waals surface area contributed by atoms with Crippen molar-refractivity contribution in [3.05, 3.63) is 12.2 Å². The molecule has 0 aliphatic carbocycles. The molecular weight excluding hydrogens is 276 g/mol. The number of rotatable bonds is 14. The van der Waals surface area contributed by atoms with Gasteiger partial charge in [0.25, 0.3) is 0 Å². The Kier molecular flexibility index (Phi) is 13.2. The van der Waals surface area contributed by atoms with Crippen molar-refractivity contribution < 1.29 is 9.90 Å². The molecule has 1 atom stereocenters. The first kappa shape index (κ1) is 21.1. The zero-order valence-electron chi connectivity index (χ0n) is 14.8. The first-order valence-electron chi connectivity index (χ1n) is 8.77. The van der Waals surface area contributed by atoms with Gasteiger partial charge in [0.05, 0.1) is 6.10 Å². The number of aliphatic hydroxyl groups excluding tert-OH is 1. The maximum Gasteiger partial charge on any atom is 0.219 e. The number of aliphatic hydroxyl groups is 1. The lowest BCUT2D eigenvalue weighted by Crippen LogP contribution is -2.24. The van der Waals surface area contributed by atoms with Crippen LogP contribution in [0, 0.1) is 0 Å². The molecule has 0 radical (unpaired) electrons. The fourth-order valence-electron chi connectivity index (χ4n) is 2.18. The van der Waals surface area contributed by atoms with Gasteiger partial charge in [-0.05, 0) is 39.2 Å². The number of nitrogens with one attached hydrogen (secondary N) is 2. The van der Waals surface area contributed by atoms with E-state index in [1.165, 1.54) is 19.3 Å². The predicted molar refractivity (Wildman–Crippen MR) is 93.9 cm³/mol. The molecule has 0 bridgehead atoms. The Morgan fingerprint density at radius 1 is 1.05 bits per heavy atom. The summed E-state index contributed by atoms with van der Waals surface area (Å²) in [6.45, 7) is 11.7. The van der Waals surface area contributed by atoms with Gasteiger partial charge in [0.15, 0.2) is 0 Å². The number of unbranched alkanes of at least 4 members (excludes halogenated alkanes) is 4. The maximum atomic E-state index is 11.6. The molecule has 4 heteroatoms. The molecule has 0 aliphatic rings. The number of carbonyl (C=O) groups excluding carboxylic acids is 1. The number of carbonyl (C=O) groups is 1. The summed E-state index contributed by atoms with van der Waals surface area (Å²) in [5.74, 6) is 0.131. The molecule has 0 fully saturated rings. The van der Waals surface area contributed by atoms with Crippen molar-refractivity contribution >= 4 is 5.91 Å². The summed E-state index contributed by atoms with van der Waals surface area (Å²) in [4.78, 5) is 11.6. The fourth-order valence-corrected chi connectivity index (χ4v) is 2.18. The zero-order valence-corrected chi connectivity index (χ0v) is 14.8. The van der Waals surface area contributed by atoms with Crippen LogP contribution in [0.2, 0.25) is 0 Å². The summed E-state index contributed by atoms with van der Waals surface area (Å²) in [5.41, 5.74) is 0.799. The van der Waals surface area contributed by atoms with Crippen molar-refractivity contribution in [1.29, 1.82) is 0 Å². The molecule has 0 aromatic rings. The molecule has 0 saturated carbocycles. The summed E-state index contributed by atoms with van der Waals surface area (Å²) in [6.07, 6.45) is 7.18. The molecule has 0 rings (SSSR count). The standard InChI is InChI=1S/C18H36N2O2/c1-15(2)17(21)11-7-8-12-18(22)20-14-10-6-5-9-13-19-16(3)4/h16-17,19,21H,1,5-14H2,2-4H3,(H,20,22). The molecule has 3 N–H and O–H groups in total. The predicted octanol–water partition coefficient (Wildman–Crippen LogP) is 3.16. The third kappa shape index (κ3) is 14.1. The van der Waals surface area contributed by atoms with Crippen molar-refractivity contribution in [2.45, 2.75) is 84.3 Å². The summed E-state index contributed by atoms with van der Waals surface area (Å²) in [6, 6.07) is 0.566. The highest BCUT2D eigenvalue weighted by molar-refractivity contribution is 5.75. The van der Waals surface area contributed by atoms with E-state index in [4.69, 9.17) is 0 Å². The van der Waals surface area contributed by atoms with E-state index >= 15 is 0 Å². The molecular formula is C18H36N2O2. The second-order valence-electron chi connectivity index (χ2n) is 6.48. The van der Waals surface area contributed by atoms with Gasteiger partial charge in [-0.1, -0.05) is 45.3 Å². The van der Waals surface area contributed by atoms with Gasteiger partial charge >= 0.3 is 0 Å². The van der Waals surface area contributed by atoms with E-state index in [1.54, 1.807) is 0 Å². The normalized spacial score (nSPS) is 12.4. The van der Waals surface area contributed by atoms with Crippen LogP contribution < -0.4 is 10.6 Å². The molecule has 0 aliphatic heterocycles. The summed E-state index contributed by atoms with van der Waals surface area (Å²) in [5, 5.41) is 16.0. The average molecular weight is 312 g/mol. The van der Waals surface area contributed by atoms with Gasteiger partial charge in [0.1, 0.15) is 0 Å². The number of hydrogen-bond acceptors (Lipinski definition) is 3. The van der Waals surface area contributed by atoms with Crippen LogP contribution in [0.1, 0.15) is 72.1 Å². The quantitative estimate of drug-likeness (QED) is 0.341. The topological polar surface area (TPSA) is 61.4 Å². The van der Waals surface area contributed by atoms with E-state index in [0.29, 0.717) is 18.9 Å². The fraction of sp³-hybridized carbons (Fsp3) is 0.833. The van der Waals surface area contributed by atoms with Crippen LogP contribution in [0.25, 0.3) is 0 Å². The van der Waals surface area contributed by atoms with E-state index < -0.39 is 6.10 Å². The first-order chi connectivity index (χ1) is 10.4. The number of amides is 1. The van der Waals surface area contributed by atoms with Crippen LogP contribution in [0.5, 0.6) is 0 Å². The molecule has 0 aromatic carbocycles. The lowest BCUT2D eigenvalue weighted by molar-refractivity contribution is -0.121. The van der Waals surface area contributed by atoms with Crippen LogP contribution in [0.4, 0.5) is 0 Å². The van der Waals surface area contributed by atoms with E-state index in [0.717, 1.165) is 37.9 Å². The molecule has 0 spiro atoms. The Morgan fingerprint density at radius 2 is 1.68 bits per heavy atom. The van der Waals surface area contributed by atoms with Crippen molar-refractivity contribution in [2.24, 2.45) is 0 Å². The van der Waals surface area contributed by atoms with E-state index in [9.17, 15) is 9.90 Å². The molecule has 1 unspecified atom stereocenters. The Hall–Kier alpha value is -0.870. The average Bonchev–Trinajstić information content (AvgIpc) is 2.45. The molecule has 4 nitrogen and oxygen atoms in total. The van der Waals surface area contributed by atoms with Crippen molar-refractivity contribution in [2.75, 3.05) is 13.1 Å². The van der Waals surface area contributed by atoms with E-state index in [2.05, 4.69) is 31.1 Å². The smallest absolute Gasteiger partial charge is 0.219 e. The Morgan fingerprint density at radius 3 is 2.27 bits per heavy atom. The van der Waals surface area contributed by atoms with Crippen LogP contribution in [0.15, 0.2) is 12.2 Å². The second kappa shape index (κ2) is 13.8. The molecule has 22 heavy (non-hydrogen) atoms. The zero-order chi connectivity index (χ0) is 16.8. The SMILES string of the molecule is C=C(C)C(O)CCCCC(=O)NCCCCCCNC(C)C. The highest BCUT2D eigenvalue weighted by Crippen LogP contribution is 2.09. The monoisotopic (exact) mass is 312 g/mol. The van der Waals surface area contributed by atoms with Gasteiger partial charge in [-0.3, -0.25) is 4.79 Å². The minimum absolute atomic E-state index is 0.131. The van der Waals surface area contributed by atoms with Crippen LogP contribution in [-0.2, 0) is 4.79 Å². The highest BCUT2D eigenvalue weighted by Gasteiger charge is 2.05. The second-order valence-corrected chi connectivity index (χ2v) is 6.48. The van der Waals surface area contributed by atoms with Gasteiger partial charge < -0.3 is 15.7 Å². The molecule has 1 amide bonds. The lowest BCUT2D eigenvalue weighted by atomic mass is 10.1. The van der Waals surface area contributed by atoms with Crippen molar-refractivity contribution in [3.8, 4) is 0 Å². The Bertz CT molecular complexity index is 303. The summed E-state index contributed by atoms with van der Waals surface area (Å²) >= 11 is 0. The molecule has 0 aromatic heterocycles. The lowest BCUT2D eigenvalue weighted by Gasteiger charge is -2.10. The molecule has 130 valence electrons. The minimum Gasteiger partial charge on any atom is -0.389 e.